The number of fused-ring (bicyclic) bond motifs is 1. The lowest BCUT2D eigenvalue weighted by atomic mass is 10.1. The summed E-state index contributed by atoms with van der Waals surface area (Å²) in [7, 11) is 0. The van der Waals surface area contributed by atoms with E-state index in [-0.39, 0.29) is 22.8 Å². The van der Waals surface area contributed by atoms with Gasteiger partial charge in [-0.2, -0.15) is 0 Å². The zero-order valence-electron chi connectivity index (χ0n) is 18.7. The van der Waals surface area contributed by atoms with Gasteiger partial charge in [0, 0.05) is 18.0 Å². The van der Waals surface area contributed by atoms with Crippen molar-refractivity contribution in [2.24, 2.45) is 0 Å². The van der Waals surface area contributed by atoms with Crippen LogP contribution in [0.15, 0.2) is 40.3 Å². The molecule has 0 aliphatic carbocycles. The molecule has 0 radical (unpaired) electrons. The molecular formula is C24H29N3O3S2. The third-order valence-corrected chi connectivity index (χ3v) is 7.93. The Balaban J connectivity index is 1.61. The second-order valence-electron chi connectivity index (χ2n) is 8.08. The Morgan fingerprint density at radius 3 is 2.84 bits per heavy atom. The average molecular weight is 472 g/mol. The highest BCUT2D eigenvalue weighted by Crippen LogP contribution is 2.31. The van der Waals surface area contributed by atoms with Crippen LogP contribution in [0.4, 0.5) is 0 Å². The van der Waals surface area contributed by atoms with Crippen LogP contribution in [-0.2, 0) is 29.0 Å². The first kappa shape index (κ1) is 23.0. The molecule has 2 atom stereocenters. The number of rotatable bonds is 8. The number of carbonyl (C=O) groups excluding carboxylic acids is 1. The number of aromatic nitrogens is 2. The highest BCUT2D eigenvalue weighted by molar-refractivity contribution is 8.00. The normalized spacial score (nSPS) is 17.0. The molecular weight excluding hydrogens is 442 g/mol. The molecule has 4 rings (SSSR count). The summed E-state index contributed by atoms with van der Waals surface area (Å²) in [6.45, 7) is 7.65. The number of ether oxygens (including phenoxy) is 1. The minimum atomic E-state index is -0.384. The molecule has 32 heavy (non-hydrogen) atoms. The maximum absolute atomic E-state index is 13.6. The monoisotopic (exact) mass is 471 g/mol. The van der Waals surface area contributed by atoms with Crippen LogP contribution in [0.5, 0.6) is 0 Å². The predicted molar refractivity (Wildman–Crippen MR) is 131 cm³/mol. The van der Waals surface area contributed by atoms with Crippen molar-refractivity contribution in [1.82, 2.24) is 14.9 Å². The summed E-state index contributed by atoms with van der Waals surface area (Å²) in [6.07, 6.45) is 2.75. The van der Waals surface area contributed by atoms with Crippen LogP contribution in [0.3, 0.4) is 0 Å². The van der Waals surface area contributed by atoms with E-state index in [0.29, 0.717) is 18.2 Å². The molecule has 1 aliphatic heterocycles. The van der Waals surface area contributed by atoms with Crippen LogP contribution in [0.1, 0.15) is 42.7 Å². The van der Waals surface area contributed by atoms with Gasteiger partial charge in [0.15, 0.2) is 5.16 Å². The number of nitrogens with one attached hydrogen (secondary N) is 1. The molecule has 3 aromatic rings. The van der Waals surface area contributed by atoms with Crippen molar-refractivity contribution in [3.8, 4) is 0 Å². The van der Waals surface area contributed by atoms with E-state index in [1.165, 1.54) is 11.8 Å². The van der Waals surface area contributed by atoms with Crippen molar-refractivity contribution in [3.63, 3.8) is 0 Å². The number of aryl methyl sites for hydroxylation is 2. The number of hydrogen-bond acceptors (Lipinski definition) is 6. The molecule has 0 spiro atoms. The first-order valence-electron chi connectivity index (χ1n) is 11.1. The summed E-state index contributed by atoms with van der Waals surface area (Å²) in [6, 6.07) is 9.83. The highest BCUT2D eigenvalue weighted by atomic mass is 32.2. The number of thioether (sulfide) groups is 1. The van der Waals surface area contributed by atoms with Crippen LogP contribution >= 0.6 is 23.1 Å². The van der Waals surface area contributed by atoms with Gasteiger partial charge in [0.2, 0.25) is 5.91 Å². The van der Waals surface area contributed by atoms with E-state index in [9.17, 15) is 9.59 Å². The Morgan fingerprint density at radius 2 is 2.16 bits per heavy atom. The lowest BCUT2D eigenvalue weighted by Gasteiger charge is -2.18. The molecule has 8 heteroatoms. The molecule has 1 amide bonds. The summed E-state index contributed by atoms with van der Waals surface area (Å²) >= 11 is 2.90. The van der Waals surface area contributed by atoms with Crippen molar-refractivity contribution in [3.05, 3.63) is 56.7 Å². The Kier molecular flexibility index (Phi) is 7.33. The van der Waals surface area contributed by atoms with Crippen LogP contribution in [0.25, 0.3) is 10.2 Å². The lowest BCUT2D eigenvalue weighted by Crippen LogP contribution is -2.33. The van der Waals surface area contributed by atoms with Crippen molar-refractivity contribution in [1.29, 1.82) is 0 Å². The van der Waals surface area contributed by atoms with Crippen LogP contribution in [0.2, 0.25) is 0 Å². The summed E-state index contributed by atoms with van der Waals surface area (Å²) < 4.78 is 7.54. The SMILES string of the molecule is CCc1c(C)sc2nc(SC(C)C(=O)NCc3ccccc3)n(CC3CCCO3)c(=O)c12. The molecule has 3 heterocycles. The summed E-state index contributed by atoms with van der Waals surface area (Å²) in [4.78, 5) is 33.1. The van der Waals surface area contributed by atoms with Gasteiger partial charge >= 0.3 is 0 Å². The van der Waals surface area contributed by atoms with E-state index in [1.54, 1.807) is 15.9 Å². The quantitative estimate of drug-likeness (QED) is 0.392. The van der Waals surface area contributed by atoms with E-state index in [0.717, 1.165) is 52.1 Å². The number of thiophene rings is 1. The van der Waals surface area contributed by atoms with Gasteiger partial charge < -0.3 is 10.1 Å². The van der Waals surface area contributed by atoms with E-state index in [1.807, 2.05) is 44.2 Å². The molecule has 0 saturated carbocycles. The van der Waals surface area contributed by atoms with Crippen LogP contribution in [0, 0.1) is 6.92 Å². The Labute approximate surface area is 196 Å². The largest absolute Gasteiger partial charge is 0.376 e. The average Bonchev–Trinajstić information content (AvgIpc) is 3.42. The molecule has 1 saturated heterocycles. The maximum Gasteiger partial charge on any atom is 0.263 e. The standard InChI is InChI=1S/C24H29N3O3S2/c1-4-19-15(2)31-22-20(19)23(29)27(14-18-11-8-12-30-18)24(26-22)32-16(3)21(28)25-13-17-9-6-5-7-10-17/h5-7,9-10,16,18H,4,8,11-14H2,1-3H3,(H,25,28). The fourth-order valence-corrected chi connectivity index (χ4v) is 6.14. The Morgan fingerprint density at radius 1 is 1.38 bits per heavy atom. The molecule has 1 aliphatic rings. The van der Waals surface area contributed by atoms with Gasteiger partial charge in [0.05, 0.1) is 23.3 Å². The summed E-state index contributed by atoms with van der Waals surface area (Å²) in [5.74, 6) is -0.0755. The fraction of sp³-hybridized carbons (Fsp3) is 0.458. The molecule has 1 aromatic carbocycles. The third kappa shape index (κ3) is 4.92. The molecule has 0 bridgehead atoms. The molecule has 2 unspecified atom stereocenters. The minimum absolute atomic E-state index is 0.0123. The second-order valence-corrected chi connectivity index (χ2v) is 10.6. The zero-order valence-corrected chi connectivity index (χ0v) is 20.4. The van der Waals surface area contributed by atoms with E-state index in [2.05, 4.69) is 12.2 Å². The van der Waals surface area contributed by atoms with Gasteiger partial charge in [-0.1, -0.05) is 49.0 Å². The van der Waals surface area contributed by atoms with Crippen LogP contribution < -0.4 is 10.9 Å². The van der Waals surface area contributed by atoms with Crippen molar-refractivity contribution < 1.29 is 9.53 Å². The second kappa shape index (κ2) is 10.2. The molecule has 1 N–H and O–H groups in total. The molecule has 170 valence electrons. The van der Waals surface area contributed by atoms with Crippen LogP contribution in [-0.4, -0.2) is 33.4 Å². The van der Waals surface area contributed by atoms with Gasteiger partial charge in [0.1, 0.15) is 4.83 Å². The minimum Gasteiger partial charge on any atom is -0.376 e. The van der Waals surface area contributed by atoms with Gasteiger partial charge in [0.25, 0.3) is 5.56 Å². The van der Waals surface area contributed by atoms with E-state index in [4.69, 9.17) is 9.72 Å². The summed E-state index contributed by atoms with van der Waals surface area (Å²) in [5.41, 5.74) is 2.11. The maximum atomic E-state index is 13.6. The van der Waals surface area contributed by atoms with E-state index >= 15 is 0 Å². The lowest BCUT2D eigenvalue weighted by molar-refractivity contribution is -0.120. The molecule has 1 fully saturated rings. The smallest absolute Gasteiger partial charge is 0.263 e. The van der Waals surface area contributed by atoms with Gasteiger partial charge in [-0.15, -0.1) is 11.3 Å². The number of nitrogens with zero attached hydrogens (tertiary/aromatic N) is 2. The van der Waals surface area contributed by atoms with Crippen molar-refractivity contribution in [2.45, 2.75) is 69.6 Å². The first-order chi connectivity index (χ1) is 15.5. The van der Waals surface area contributed by atoms with Gasteiger partial charge in [-0.3, -0.25) is 14.2 Å². The van der Waals surface area contributed by atoms with Gasteiger partial charge in [-0.25, -0.2) is 4.98 Å². The molecule has 6 nitrogen and oxygen atoms in total. The number of amides is 1. The third-order valence-electron chi connectivity index (χ3n) is 5.80. The number of benzene rings is 1. The first-order valence-corrected chi connectivity index (χ1v) is 12.8. The van der Waals surface area contributed by atoms with Gasteiger partial charge in [-0.05, 0) is 44.2 Å². The fourth-order valence-electron chi connectivity index (χ4n) is 4.04. The Bertz CT molecular complexity index is 1150. The Hall–Kier alpha value is -2.16. The van der Waals surface area contributed by atoms with Crippen molar-refractivity contribution in [2.75, 3.05) is 6.61 Å². The topological polar surface area (TPSA) is 73.2 Å². The summed E-state index contributed by atoms with van der Waals surface area (Å²) in [5, 5.41) is 3.91. The number of hydrogen-bond donors (Lipinski definition) is 1. The predicted octanol–water partition coefficient (Wildman–Crippen LogP) is 4.30. The van der Waals surface area contributed by atoms with E-state index < -0.39 is 0 Å². The van der Waals surface area contributed by atoms with Crippen molar-refractivity contribution >= 4 is 39.2 Å². The highest BCUT2D eigenvalue weighted by Gasteiger charge is 2.25. The molecule has 2 aromatic heterocycles. The zero-order chi connectivity index (χ0) is 22.7. The number of carbonyl (C=O) groups is 1.